The third kappa shape index (κ3) is 3.89. The van der Waals surface area contributed by atoms with Crippen LogP contribution < -0.4 is 5.32 Å². The van der Waals surface area contributed by atoms with Crippen LogP contribution in [0, 0.1) is 5.92 Å². The van der Waals surface area contributed by atoms with Gasteiger partial charge in [0.05, 0.1) is 5.25 Å². The highest BCUT2D eigenvalue weighted by Gasteiger charge is 2.29. The highest BCUT2D eigenvalue weighted by molar-refractivity contribution is 8.00. The molecule has 2 heterocycles. The number of thioether (sulfide) groups is 1. The first-order valence-corrected chi connectivity index (χ1v) is 8.47. The van der Waals surface area contributed by atoms with E-state index in [-0.39, 0.29) is 5.25 Å². The van der Waals surface area contributed by atoms with Gasteiger partial charge in [-0.3, -0.25) is 4.79 Å². The molecule has 2 aliphatic heterocycles. The lowest BCUT2D eigenvalue weighted by atomic mass is 9.98. The standard InChI is InChI=1S/C14H26N2OS/c1-2-8-16(11-12-5-3-7-15-10-12)14(17)13-6-4-9-18-13/h12-13,15H,2-11H2,1H3. The molecule has 0 radical (unpaired) electrons. The molecule has 4 heteroatoms. The largest absolute Gasteiger partial charge is 0.341 e. The van der Waals surface area contributed by atoms with E-state index in [1.165, 1.54) is 25.0 Å². The van der Waals surface area contributed by atoms with Crippen LogP contribution in [0.2, 0.25) is 0 Å². The molecule has 3 nitrogen and oxygen atoms in total. The summed E-state index contributed by atoms with van der Waals surface area (Å²) in [6, 6.07) is 0. The zero-order valence-corrected chi connectivity index (χ0v) is 12.3. The third-order valence-corrected chi connectivity index (χ3v) is 5.25. The summed E-state index contributed by atoms with van der Waals surface area (Å²) < 4.78 is 0. The van der Waals surface area contributed by atoms with Crippen LogP contribution in [-0.4, -0.2) is 48.0 Å². The average molecular weight is 270 g/mol. The van der Waals surface area contributed by atoms with Crippen LogP contribution in [0.4, 0.5) is 0 Å². The van der Waals surface area contributed by atoms with Crippen molar-refractivity contribution < 1.29 is 4.79 Å². The Bertz CT molecular complexity index is 261. The Morgan fingerprint density at radius 1 is 1.39 bits per heavy atom. The van der Waals surface area contributed by atoms with E-state index < -0.39 is 0 Å². The normalized spacial score (nSPS) is 28.3. The minimum absolute atomic E-state index is 0.257. The molecule has 1 N–H and O–H groups in total. The molecule has 0 aromatic rings. The maximum Gasteiger partial charge on any atom is 0.235 e. The molecule has 2 atom stereocenters. The van der Waals surface area contributed by atoms with Crippen LogP contribution in [0.3, 0.4) is 0 Å². The van der Waals surface area contributed by atoms with Crippen molar-refractivity contribution in [2.24, 2.45) is 5.92 Å². The summed E-state index contributed by atoms with van der Waals surface area (Å²) in [4.78, 5) is 14.6. The van der Waals surface area contributed by atoms with Gasteiger partial charge in [-0.25, -0.2) is 0 Å². The van der Waals surface area contributed by atoms with E-state index in [1.54, 1.807) is 0 Å². The minimum Gasteiger partial charge on any atom is -0.341 e. The van der Waals surface area contributed by atoms with Gasteiger partial charge in [-0.15, -0.1) is 11.8 Å². The summed E-state index contributed by atoms with van der Waals surface area (Å²) in [5.41, 5.74) is 0. The molecular formula is C14H26N2OS. The lowest BCUT2D eigenvalue weighted by Crippen LogP contribution is -2.44. The van der Waals surface area contributed by atoms with Gasteiger partial charge in [-0.1, -0.05) is 6.92 Å². The average Bonchev–Trinajstić information content (AvgIpc) is 2.92. The van der Waals surface area contributed by atoms with Crippen molar-refractivity contribution in [3.8, 4) is 0 Å². The van der Waals surface area contributed by atoms with Gasteiger partial charge in [-0.2, -0.15) is 0 Å². The quantitative estimate of drug-likeness (QED) is 0.830. The highest BCUT2D eigenvalue weighted by Crippen LogP contribution is 2.28. The molecule has 0 bridgehead atoms. The van der Waals surface area contributed by atoms with E-state index in [9.17, 15) is 4.79 Å². The molecule has 0 aliphatic carbocycles. The van der Waals surface area contributed by atoms with Crippen molar-refractivity contribution >= 4 is 17.7 Å². The summed E-state index contributed by atoms with van der Waals surface area (Å²) >= 11 is 1.86. The zero-order chi connectivity index (χ0) is 12.8. The van der Waals surface area contributed by atoms with Crippen molar-refractivity contribution in [2.75, 3.05) is 31.9 Å². The molecular weight excluding hydrogens is 244 g/mol. The van der Waals surface area contributed by atoms with Gasteiger partial charge in [0.15, 0.2) is 0 Å². The van der Waals surface area contributed by atoms with Gasteiger partial charge in [0, 0.05) is 13.1 Å². The SMILES string of the molecule is CCCN(CC1CCCNC1)C(=O)C1CCCS1. The molecule has 2 fully saturated rings. The fourth-order valence-electron chi connectivity index (χ4n) is 2.93. The first kappa shape index (κ1) is 14.2. The molecule has 2 rings (SSSR count). The summed E-state index contributed by atoms with van der Waals surface area (Å²) in [6.45, 7) is 6.31. The molecule has 0 aromatic carbocycles. The predicted octanol–water partition coefficient (Wildman–Crippen LogP) is 2.12. The number of carbonyl (C=O) groups excluding carboxylic acids is 1. The number of hydrogen-bond acceptors (Lipinski definition) is 3. The summed E-state index contributed by atoms with van der Waals surface area (Å²) in [6.07, 6.45) is 5.91. The lowest BCUT2D eigenvalue weighted by molar-refractivity contribution is -0.131. The van der Waals surface area contributed by atoms with Crippen LogP contribution in [0.1, 0.15) is 39.0 Å². The van der Waals surface area contributed by atoms with Crippen LogP contribution in [0.25, 0.3) is 0 Å². The van der Waals surface area contributed by atoms with Crippen molar-refractivity contribution in [3.05, 3.63) is 0 Å². The number of hydrogen-bond donors (Lipinski definition) is 1. The molecule has 0 aromatic heterocycles. The maximum absolute atomic E-state index is 12.5. The predicted molar refractivity (Wildman–Crippen MR) is 77.9 cm³/mol. The van der Waals surface area contributed by atoms with Crippen molar-refractivity contribution in [3.63, 3.8) is 0 Å². The van der Waals surface area contributed by atoms with E-state index in [0.717, 1.165) is 39.0 Å². The van der Waals surface area contributed by atoms with E-state index >= 15 is 0 Å². The number of carbonyl (C=O) groups is 1. The molecule has 2 saturated heterocycles. The fourth-order valence-corrected chi connectivity index (χ4v) is 4.17. The van der Waals surface area contributed by atoms with Crippen molar-refractivity contribution in [1.29, 1.82) is 0 Å². The number of amides is 1. The molecule has 2 aliphatic rings. The van der Waals surface area contributed by atoms with Gasteiger partial charge in [0.2, 0.25) is 5.91 Å². The minimum atomic E-state index is 0.257. The highest BCUT2D eigenvalue weighted by atomic mass is 32.2. The Balaban J connectivity index is 1.87. The Morgan fingerprint density at radius 3 is 2.89 bits per heavy atom. The molecule has 18 heavy (non-hydrogen) atoms. The molecule has 104 valence electrons. The second-order valence-corrected chi connectivity index (χ2v) is 6.81. The molecule has 0 saturated carbocycles. The topological polar surface area (TPSA) is 32.3 Å². The monoisotopic (exact) mass is 270 g/mol. The summed E-state index contributed by atoms with van der Waals surface area (Å²) in [5.74, 6) is 2.24. The van der Waals surface area contributed by atoms with Gasteiger partial charge >= 0.3 is 0 Å². The fraction of sp³-hybridized carbons (Fsp3) is 0.929. The third-order valence-electron chi connectivity index (χ3n) is 3.89. The van der Waals surface area contributed by atoms with Crippen LogP contribution >= 0.6 is 11.8 Å². The van der Waals surface area contributed by atoms with Crippen molar-refractivity contribution in [2.45, 2.75) is 44.3 Å². The van der Waals surface area contributed by atoms with Crippen LogP contribution in [-0.2, 0) is 4.79 Å². The number of nitrogens with one attached hydrogen (secondary N) is 1. The molecule has 2 unspecified atom stereocenters. The molecule has 1 amide bonds. The van der Waals surface area contributed by atoms with Gasteiger partial charge in [0.25, 0.3) is 0 Å². The van der Waals surface area contributed by atoms with Gasteiger partial charge in [0.1, 0.15) is 0 Å². The molecule has 0 spiro atoms. The van der Waals surface area contributed by atoms with Crippen LogP contribution in [0.15, 0.2) is 0 Å². The Hall–Kier alpha value is -0.220. The van der Waals surface area contributed by atoms with E-state index in [0.29, 0.717) is 11.8 Å². The Morgan fingerprint density at radius 2 is 2.28 bits per heavy atom. The smallest absolute Gasteiger partial charge is 0.235 e. The number of piperidine rings is 1. The number of nitrogens with zero attached hydrogens (tertiary/aromatic N) is 1. The maximum atomic E-state index is 12.5. The van der Waals surface area contributed by atoms with E-state index in [2.05, 4.69) is 17.1 Å². The van der Waals surface area contributed by atoms with E-state index in [1.807, 2.05) is 11.8 Å². The zero-order valence-electron chi connectivity index (χ0n) is 11.5. The summed E-state index contributed by atoms with van der Waals surface area (Å²) in [7, 11) is 0. The van der Waals surface area contributed by atoms with Gasteiger partial charge in [-0.05, 0) is 56.9 Å². The van der Waals surface area contributed by atoms with E-state index in [4.69, 9.17) is 0 Å². The second kappa shape index (κ2) is 7.39. The van der Waals surface area contributed by atoms with Crippen LogP contribution in [0.5, 0.6) is 0 Å². The van der Waals surface area contributed by atoms with Gasteiger partial charge < -0.3 is 10.2 Å². The lowest BCUT2D eigenvalue weighted by Gasteiger charge is -2.31. The first-order valence-electron chi connectivity index (χ1n) is 7.42. The number of rotatable bonds is 5. The second-order valence-electron chi connectivity index (χ2n) is 5.50. The van der Waals surface area contributed by atoms with Crippen molar-refractivity contribution in [1.82, 2.24) is 10.2 Å². The Kier molecular flexibility index (Phi) is 5.83. The summed E-state index contributed by atoms with van der Waals surface area (Å²) in [5, 5.41) is 3.71. The first-order chi connectivity index (χ1) is 8.81. The Labute approximate surface area is 115 Å².